The van der Waals surface area contributed by atoms with Gasteiger partial charge >= 0.3 is 0 Å². The molecule has 9 nitrogen and oxygen atoms in total. The third-order valence-corrected chi connectivity index (χ3v) is 4.78. The monoisotopic (exact) mass is 477 g/mol. The van der Waals surface area contributed by atoms with Gasteiger partial charge in [-0.2, -0.15) is 5.10 Å². The van der Waals surface area contributed by atoms with Crippen molar-refractivity contribution >= 4 is 17.8 Å². The highest BCUT2D eigenvalue weighted by atomic mass is 16.6. The van der Waals surface area contributed by atoms with E-state index in [4.69, 9.17) is 14.2 Å². The van der Waals surface area contributed by atoms with E-state index in [9.17, 15) is 14.9 Å². The van der Waals surface area contributed by atoms with Crippen molar-refractivity contribution in [3.05, 3.63) is 93.5 Å². The molecule has 0 heterocycles. The van der Waals surface area contributed by atoms with E-state index in [0.717, 1.165) is 12.0 Å². The van der Waals surface area contributed by atoms with Crippen molar-refractivity contribution in [3.8, 4) is 17.2 Å². The first-order chi connectivity index (χ1) is 17.0. The van der Waals surface area contributed by atoms with Crippen molar-refractivity contribution in [1.29, 1.82) is 0 Å². The summed E-state index contributed by atoms with van der Waals surface area (Å²) < 4.78 is 17.0. The van der Waals surface area contributed by atoms with Gasteiger partial charge in [0.1, 0.15) is 12.4 Å². The van der Waals surface area contributed by atoms with Crippen molar-refractivity contribution in [3.63, 3.8) is 0 Å². The summed E-state index contributed by atoms with van der Waals surface area (Å²) in [4.78, 5) is 22.7. The number of hydrogen-bond acceptors (Lipinski definition) is 7. The van der Waals surface area contributed by atoms with Crippen LogP contribution in [0.25, 0.3) is 0 Å². The second-order valence-corrected chi connectivity index (χ2v) is 7.42. The zero-order valence-electron chi connectivity index (χ0n) is 19.6. The molecule has 0 radical (unpaired) electrons. The molecule has 182 valence electrons. The lowest BCUT2D eigenvalue weighted by Crippen LogP contribution is -2.17. The normalized spacial score (nSPS) is 10.7. The van der Waals surface area contributed by atoms with Crippen LogP contribution in [0.2, 0.25) is 0 Å². The quantitative estimate of drug-likeness (QED) is 0.220. The Morgan fingerprint density at radius 2 is 1.71 bits per heavy atom. The highest BCUT2D eigenvalue weighted by molar-refractivity contribution is 5.95. The van der Waals surface area contributed by atoms with E-state index in [2.05, 4.69) is 10.5 Å². The van der Waals surface area contributed by atoms with Gasteiger partial charge in [0.25, 0.3) is 11.6 Å². The van der Waals surface area contributed by atoms with Crippen molar-refractivity contribution < 1.29 is 23.9 Å². The summed E-state index contributed by atoms with van der Waals surface area (Å²) >= 11 is 0. The second kappa shape index (κ2) is 12.7. The predicted molar refractivity (Wildman–Crippen MR) is 132 cm³/mol. The van der Waals surface area contributed by atoms with Crippen LogP contribution in [0.15, 0.2) is 71.8 Å². The predicted octanol–water partition coefficient (Wildman–Crippen LogP) is 5.13. The van der Waals surface area contributed by atoms with Crippen LogP contribution in [0, 0.1) is 10.1 Å². The second-order valence-electron chi connectivity index (χ2n) is 7.42. The number of nitro groups is 1. The SMILES string of the molecule is CCCOc1ccc(C(=O)N/N=C/c2ccc(OCc3ccc([N+](=O)[O-])cc3)c(OCC)c2)cc1. The Labute approximate surface area is 203 Å². The van der Waals surface area contributed by atoms with E-state index in [-0.39, 0.29) is 18.2 Å². The summed E-state index contributed by atoms with van der Waals surface area (Å²) in [7, 11) is 0. The molecule has 9 heteroatoms. The molecule has 0 unspecified atom stereocenters. The molecule has 35 heavy (non-hydrogen) atoms. The Balaban J connectivity index is 1.60. The minimum Gasteiger partial charge on any atom is -0.494 e. The number of hydrogen-bond donors (Lipinski definition) is 1. The standard InChI is InChI=1S/C26H27N3O6/c1-3-15-34-23-12-8-21(9-13-23)26(30)28-27-17-20-7-14-24(25(16-20)33-4-2)35-18-19-5-10-22(11-6-19)29(31)32/h5-14,16-17H,3-4,15,18H2,1-2H3,(H,28,30)/b27-17+. The lowest BCUT2D eigenvalue weighted by atomic mass is 10.2. The Morgan fingerprint density at radius 1 is 0.971 bits per heavy atom. The van der Waals surface area contributed by atoms with E-state index in [1.54, 1.807) is 54.6 Å². The number of carbonyl (C=O) groups is 1. The Bertz CT molecular complexity index is 1160. The Morgan fingerprint density at radius 3 is 2.37 bits per heavy atom. The molecule has 0 aliphatic rings. The molecule has 0 fully saturated rings. The number of ether oxygens (including phenoxy) is 3. The van der Waals surface area contributed by atoms with Gasteiger partial charge in [-0.15, -0.1) is 0 Å². The average Bonchev–Trinajstić information content (AvgIpc) is 2.87. The number of hydrazone groups is 1. The fraction of sp³-hybridized carbons (Fsp3) is 0.231. The minimum absolute atomic E-state index is 0.0255. The van der Waals surface area contributed by atoms with Crippen LogP contribution >= 0.6 is 0 Å². The molecule has 1 amide bonds. The lowest BCUT2D eigenvalue weighted by Gasteiger charge is -2.12. The summed E-state index contributed by atoms with van der Waals surface area (Å²) in [6, 6.07) is 18.3. The third-order valence-electron chi connectivity index (χ3n) is 4.78. The average molecular weight is 478 g/mol. The molecule has 3 aromatic carbocycles. The summed E-state index contributed by atoms with van der Waals surface area (Å²) in [5, 5.41) is 14.8. The summed E-state index contributed by atoms with van der Waals surface area (Å²) in [5.74, 6) is 1.42. The molecular weight excluding hydrogens is 450 g/mol. The zero-order chi connectivity index (χ0) is 25.0. The van der Waals surface area contributed by atoms with E-state index in [1.165, 1.54) is 18.3 Å². The first kappa shape index (κ1) is 25.2. The molecular formula is C26H27N3O6. The molecule has 0 spiro atoms. The smallest absolute Gasteiger partial charge is 0.271 e. The van der Waals surface area contributed by atoms with Gasteiger partial charge in [0.2, 0.25) is 0 Å². The number of non-ortho nitro benzene ring substituents is 1. The van der Waals surface area contributed by atoms with Gasteiger partial charge < -0.3 is 14.2 Å². The number of nitro benzene ring substituents is 1. The summed E-state index contributed by atoms with van der Waals surface area (Å²) in [6.45, 7) is 5.17. The van der Waals surface area contributed by atoms with Crippen molar-refractivity contribution in [1.82, 2.24) is 5.43 Å². The molecule has 1 N–H and O–H groups in total. The Hall–Kier alpha value is -4.40. The van der Waals surface area contributed by atoms with Crippen LogP contribution in [-0.2, 0) is 6.61 Å². The molecule has 0 saturated heterocycles. The molecule has 0 aliphatic heterocycles. The van der Waals surface area contributed by atoms with Crippen LogP contribution in [0.3, 0.4) is 0 Å². The largest absolute Gasteiger partial charge is 0.494 e. The van der Waals surface area contributed by atoms with Gasteiger partial charge in [0, 0.05) is 17.7 Å². The molecule has 0 atom stereocenters. The van der Waals surface area contributed by atoms with Crippen molar-refractivity contribution in [2.75, 3.05) is 13.2 Å². The topological polar surface area (TPSA) is 112 Å². The van der Waals surface area contributed by atoms with E-state index >= 15 is 0 Å². The maximum atomic E-state index is 12.3. The highest BCUT2D eigenvalue weighted by Gasteiger charge is 2.09. The molecule has 3 aromatic rings. The number of benzene rings is 3. The van der Waals surface area contributed by atoms with Gasteiger partial charge in [-0.1, -0.05) is 6.92 Å². The Kier molecular flexibility index (Phi) is 9.18. The molecule has 3 rings (SSSR count). The fourth-order valence-electron chi connectivity index (χ4n) is 3.02. The molecule has 0 aliphatic carbocycles. The van der Waals surface area contributed by atoms with E-state index in [1.807, 2.05) is 13.8 Å². The molecule has 0 bridgehead atoms. The minimum atomic E-state index is -0.445. The van der Waals surface area contributed by atoms with Crippen LogP contribution in [-0.4, -0.2) is 30.3 Å². The number of nitrogens with zero attached hydrogens (tertiary/aromatic N) is 2. The number of nitrogens with one attached hydrogen (secondary N) is 1. The number of rotatable bonds is 12. The van der Waals surface area contributed by atoms with Gasteiger partial charge in [0.15, 0.2) is 11.5 Å². The maximum absolute atomic E-state index is 12.3. The zero-order valence-corrected chi connectivity index (χ0v) is 19.6. The highest BCUT2D eigenvalue weighted by Crippen LogP contribution is 2.29. The summed E-state index contributed by atoms with van der Waals surface area (Å²) in [6.07, 6.45) is 2.42. The van der Waals surface area contributed by atoms with Gasteiger partial charge in [0.05, 0.1) is 24.4 Å². The van der Waals surface area contributed by atoms with Crippen LogP contribution in [0.5, 0.6) is 17.2 Å². The van der Waals surface area contributed by atoms with Crippen LogP contribution < -0.4 is 19.6 Å². The van der Waals surface area contributed by atoms with Crippen molar-refractivity contribution in [2.24, 2.45) is 5.10 Å². The number of carbonyl (C=O) groups excluding carboxylic acids is 1. The van der Waals surface area contributed by atoms with E-state index in [0.29, 0.717) is 41.6 Å². The van der Waals surface area contributed by atoms with E-state index < -0.39 is 4.92 Å². The molecule has 0 saturated carbocycles. The fourth-order valence-corrected chi connectivity index (χ4v) is 3.02. The first-order valence-electron chi connectivity index (χ1n) is 11.2. The third kappa shape index (κ3) is 7.56. The van der Waals surface area contributed by atoms with Gasteiger partial charge in [-0.05, 0) is 79.1 Å². The number of amides is 1. The van der Waals surface area contributed by atoms with Crippen LogP contribution in [0.4, 0.5) is 5.69 Å². The van der Waals surface area contributed by atoms with Gasteiger partial charge in [-0.25, -0.2) is 5.43 Å². The first-order valence-corrected chi connectivity index (χ1v) is 11.2. The maximum Gasteiger partial charge on any atom is 0.271 e. The van der Waals surface area contributed by atoms with Gasteiger partial charge in [-0.3, -0.25) is 14.9 Å². The lowest BCUT2D eigenvalue weighted by molar-refractivity contribution is -0.384. The van der Waals surface area contributed by atoms with Crippen molar-refractivity contribution in [2.45, 2.75) is 26.9 Å². The summed E-state index contributed by atoms with van der Waals surface area (Å²) in [5.41, 5.74) is 4.50. The molecule has 0 aromatic heterocycles. The van der Waals surface area contributed by atoms with Crippen LogP contribution in [0.1, 0.15) is 41.8 Å².